The minimum Gasteiger partial charge on any atom is -0.356 e. The topological polar surface area (TPSA) is 62.3 Å². The molecule has 1 N–H and O–H groups in total. The molecule has 0 bridgehead atoms. The molecule has 5 nitrogen and oxygen atoms in total. The third-order valence-corrected chi connectivity index (χ3v) is 5.66. The predicted molar refractivity (Wildman–Crippen MR) is 108 cm³/mol. The molecular formula is C22H33N3O2. The van der Waals surface area contributed by atoms with Crippen LogP contribution in [0.3, 0.4) is 0 Å². The smallest absolute Gasteiger partial charge is 0.223 e. The molecule has 2 rings (SSSR count). The fourth-order valence-electron chi connectivity index (χ4n) is 3.99. The van der Waals surface area contributed by atoms with Crippen LogP contribution in [0.4, 0.5) is 0 Å². The minimum atomic E-state index is 0.0119. The Bertz CT molecular complexity index is 669. The van der Waals surface area contributed by atoms with Crippen LogP contribution in [-0.4, -0.2) is 35.3 Å². The lowest BCUT2D eigenvalue weighted by atomic mass is 9.69. The second-order valence-corrected chi connectivity index (χ2v) is 8.17. The van der Waals surface area contributed by atoms with Gasteiger partial charge in [-0.2, -0.15) is 0 Å². The summed E-state index contributed by atoms with van der Waals surface area (Å²) in [5, 5.41) is 2.96. The highest BCUT2D eigenvalue weighted by Gasteiger charge is 2.33. The molecule has 148 valence electrons. The average molecular weight is 372 g/mol. The molecule has 27 heavy (non-hydrogen) atoms. The second kappa shape index (κ2) is 9.67. The summed E-state index contributed by atoms with van der Waals surface area (Å²) < 4.78 is 0. The average Bonchev–Trinajstić information content (AvgIpc) is 2.62. The third kappa shape index (κ3) is 6.19. The Morgan fingerprint density at radius 1 is 1.37 bits per heavy atom. The summed E-state index contributed by atoms with van der Waals surface area (Å²) in [6, 6.07) is 3.88. The Hall–Kier alpha value is -2.17. The van der Waals surface area contributed by atoms with Crippen LogP contribution in [0.2, 0.25) is 0 Å². The van der Waals surface area contributed by atoms with Crippen molar-refractivity contribution in [3.63, 3.8) is 0 Å². The number of nitrogens with zero attached hydrogens (tertiary/aromatic N) is 2. The number of carbonyl (C=O) groups is 2. The monoisotopic (exact) mass is 371 g/mol. The number of hydrogen-bond acceptors (Lipinski definition) is 3. The Labute approximate surface area is 163 Å². The van der Waals surface area contributed by atoms with Crippen LogP contribution in [0.1, 0.15) is 46.1 Å². The zero-order valence-electron chi connectivity index (χ0n) is 17.2. The summed E-state index contributed by atoms with van der Waals surface area (Å²) in [6.45, 7) is 9.40. The quantitative estimate of drug-likeness (QED) is 0.747. The van der Waals surface area contributed by atoms with Crippen molar-refractivity contribution in [2.45, 2.75) is 47.1 Å². The van der Waals surface area contributed by atoms with Gasteiger partial charge < -0.3 is 10.2 Å². The first kappa shape index (κ1) is 21.1. The molecule has 2 amide bonds. The highest BCUT2D eigenvalue weighted by atomic mass is 16.2. The van der Waals surface area contributed by atoms with E-state index in [2.05, 4.69) is 37.1 Å². The summed E-state index contributed by atoms with van der Waals surface area (Å²) in [5.74, 6) is 1.78. The fourth-order valence-corrected chi connectivity index (χ4v) is 3.99. The molecule has 0 aromatic carbocycles. The Kier molecular flexibility index (Phi) is 7.57. The van der Waals surface area contributed by atoms with E-state index < -0.39 is 0 Å². The summed E-state index contributed by atoms with van der Waals surface area (Å²) >= 11 is 0. The first-order chi connectivity index (χ1) is 12.8. The molecule has 0 spiro atoms. The first-order valence-corrected chi connectivity index (χ1v) is 9.83. The highest BCUT2D eigenvalue weighted by molar-refractivity contribution is 5.76. The van der Waals surface area contributed by atoms with Crippen molar-refractivity contribution in [1.82, 2.24) is 15.2 Å². The Balaban J connectivity index is 2.01. The third-order valence-electron chi connectivity index (χ3n) is 5.66. The number of aromatic nitrogens is 1. The van der Waals surface area contributed by atoms with Crippen LogP contribution < -0.4 is 5.32 Å². The maximum absolute atomic E-state index is 12.8. The van der Waals surface area contributed by atoms with E-state index in [0.717, 1.165) is 12.0 Å². The van der Waals surface area contributed by atoms with E-state index in [9.17, 15) is 9.59 Å². The van der Waals surface area contributed by atoms with Crippen molar-refractivity contribution < 1.29 is 9.59 Å². The van der Waals surface area contributed by atoms with Crippen LogP contribution in [0.5, 0.6) is 0 Å². The molecule has 0 aliphatic heterocycles. The van der Waals surface area contributed by atoms with Gasteiger partial charge in [-0.25, -0.2) is 0 Å². The standard InChI is InChI=1S/C22H33N3O2/c1-15(2)21-10-19(16(3)9-20(21)13-24-17(4)26)11-22(27)25(5)14-18-7-6-8-23-12-18/h6-9,12,15,19-21H,10-11,13-14H2,1-5H3,(H,24,26)/t19-,20-,21-/m0/s1. The molecule has 1 aromatic rings. The number of pyridine rings is 1. The van der Waals surface area contributed by atoms with Gasteiger partial charge in [-0.1, -0.05) is 31.6 Å². The first-order valence-electron chi connectivity index (χ1n) is 9.83. The molecule has 0 fully saturated rings. The lowest BCUT2D eigenvalue weighted by molar-refractivity contribution is -0.131. The number of nitrogens with one attached hydrogen (secondary N) is 1. The van der Waals surface area contributed by atoms with E-state index in [0.29, 0.717) is 37.3 Å². The van der Waals surface area contributed by atoms with Gasteiger partial charge in [0.15, 0.2) is 0 Å². The van der Waals surface area contributed by atoms with Crippen LogP contribution in [0, 0.1) is 23.7 Å². The van der Waals surface area contributed by atoms with Crippen LogP contribution >= 0.6 is 0 Å². The molecule has 0 saturated heterocycles. The molecule has 0 radical (unpaired) electrons. The number of carbonyl (C=O) groups excluding carboxylic acids is 2. The van der Waals surface area contributed by atoms with Crippen molar-refractivity contribution in [1.29, 1.82) is 0 Å². The van der Waals surface area contributed by atoms with Gasteiger partial charge >= 0.3 is 0 Å². The number of hydrogen-bond donors (Lipinski definition) is 1. The van der Waals surface area contributed by atoms with Crippen molar-refractivity contribution in [2.24, 2.45) is 23.7 Å². The molecule has 1 aliphatic carbocycles. The fraction of sp³-hybridized carbons (Fsp3) is 0.591. The van der Waals surface area contributed by atoms with Gasteiger partial charge in [-0.15, -0.1) is 0 Å². The van der Waals surface area contributed by atoms with Gasteiger partial charge in [0.25, 0.3) is 0 Å². The molecule has 1 aliphatic rings. The molecule has 1 aromatic heterocycles. The van der Waals surface area contributed by atoms with Crippen molar-refractivity contribution in [3.05, 3.63) is 41.7 Å². The Morgan fingerprint density at radius 3 is 2.70 bits per heavy atom. The summed E-state index contributed by atoms with van der Waals surface area (Å²) in [6.07, 6.45) is 7.36. The van der Waals surface area contributed by atoms with Gasteiger partial charge in [0.05, 0.1) is 0 Å². The van der Waals surface area contributed by atoms with E-state index in [1.165, 1.54) is 5.57 Å². The van der Waals surface area contributed by atoms with Gasteiger partial charge in [0.1, 0.15) is 0 Å². The number of allylic oxidation sites excluding steroid dienone is 1. The van der Waals surface area contributed by atoms with Crippen molar-refractivity contribution in [3.8, 4) is 0 Å². The van der Waals surface area contributed by atoms with E-state index in [1.54, 1.807) is 24.2 Å². The van der Waals surface area contributed by atoms with E-state index >= 15 is 0 Å². The maximum Gasteiger partial charge on any atom is 0.223 e. The van der Waals surface area contributed by atoms with Gasteiger partial charge in [0.2, 0.25) is 11.8 Å². The maximum atomic E-state index is 12.8. The van der Waals surface area contributed by atoms with E-state index in [-0.39, 0.29) is 17.7 Å². The van der Waals surface area contributed by atoms with E-state index in [4.69, 9.17) is 0 Å². The Morgan fingerprint density at radius 2 is 2.11 bits per heavy atom. The summed E-state index contributed by atoms with van der Waals surface area (Å²) in [5.41, 5.74) is 2.31. The zero-order chi connectivity index (χ0) is 20.0. The predicted octanol–water partition coefficient (Wildman–Crippen LogP) is 3.42. The molecular weight excluding hydrogens is 338 g/mol. The van der Waals surface area contributed by atoms with E-state index in [1.807, 2.05) is 19.2 Å². The molecule has 3 atom stereocenters. The lowest BCUT2D eigenvalue weighted by Crippen LogP contribution is -2.37. The minimum absolute atomic E-state index is 0.0119. The zero-order valence-corrected chi connectivity index (χ0v) is 17.2. The molecule has 5 heteroatoms. The SMILES string of the molecule is CC(=O)NC[C@@H]1C=C(C)[C@H](CC(=O)N(C)Cc2cccnc2)C[C@H]1C(C)C. The lowest BCUT2D eigenvalue weighted by Gasteiger charge is -2.37. The largest absolute Gasteiger partial charge is 0.356 e. The number of amides is 2. The number of rotatable bonds is 7. The van der Waals surface area contributed by atoms with Gasteiger partial charge in [-0.05, 0) is 48.6 Å². The van der Waals surface area contributed by atoms with Gasteiger partial charge in [0, 0.05) is 45.9 Å². The van der Waals surface area contributed by atoms with Crippen LogP contribution in [0.15, 0.2) is 36.2 Å². The van der Waals surface area contributed by atoms with Crippen LogP contribution in [0.25, 0.3) is 0 Å². The molecule has 0 saturated carbocycles. The summed E-state index contributed by atoms with van der Waals surface area (Å²) in [4.78, 5) is 30.0. The second-order valence-electron chi connectivity index (χ2n) is 8.17. The normalized spacial score (nSPS) is 22.3. The summed E-state index contributed by atoms with van der Waals surface area (Å²) in [7, 11) is 1.86. The van der Waals surface area contributed by atoms with Crippen molar-refractivity contribution in [2.75, 3.05) is 13.6 Å². The van der Waals surface area contributed by atoms with Crippen LogP contribution in [-0.2, 0) is 16.1 Å². The van der Waals surface area contributed by atoms with Gasteiger partial charge in [-0.3, -0.25) is 14.6 Å². The molecule has 1 heterocycles. The molecule has 0 unspecified atom stereocenters. The van der Waals surface area contributed by atoms with Crippen molar-refractivity contribution >= 4 is 11.8 Å². The highest BCUT2D eigenvalue weighted by Crippen LogP contribution is 2.38.